The number of hydrogen-bond donors (Lipinski definition) is 2. The summed E-state index contributed by atoms with van der Waals surface area (Å²) in [7, 11) is 0. The van der Waals surface area contributed by atoms with Crippen LogP contribution in [0.25, 0.3) is 0 Å². The van der Waals surface area contributed by atoms with Crippen molar-refractivity contribution in [1.29, 1.82) is 10.9 Å². The van der Waals surface area contributed by atoms with Crippen LogP contribution in [0.15, 0.2) is 35.7 Å². The summed E-state index contributed by atoms with van der Waals surface area (Å²) in [6, 6.07) is 6.19. The second-order valence-corrected chi connectivity index (χ2v) is 7.81. The highest BCUT2D eigenvalue weighted by atomic mass is 15.3. The Morgan fingerprint density at radius 3 is 2.39 bits per heavy atom. The SMILES string of the molecule is Cc1ncc(CN2CCN(c3cc(CC(C)C)ccc3C(=N)N=N)CC2)cn1. The number of aryl methyl sites for hydroxylation is 1. The lowest BCUT2D eigenvalue weighted by Crippen LogP contribution is -2.46. The maximum atomic E-state index is 8.05. The number of nitrogens with one attached hydrogen (secondary N) is 2. The fraction of sp³-hybridized carbons (Fsp3) is 0.476. The van der Waals surface area contributed by atoms with E-state index in [4.69, 9.17) is 10.9 Å². The maximum absolute atomic E-state index is 8.05. The summed E-state index contributed by atoms with van der Waals surface area (Å²) in [5.74, 6) is 1.39. The predicted octanol–water partition coefficient (Wildman–Crippen LogP) is 3.66. The van der Waals surface area contributed by atoms with E-state index in [1.165, 1.54) is 5.56 Å². The first-order chi connectivity index (χ1) is 13.5. The van der Waals surface area contributed by atoms with Gasteiger partial charge in [-0.25, -0.2) is 15.5 Å². The van der Waals surface area contributed by atoms with Crippen LogP contribution in [-0.2, 0) is 13.0 Å². The van der Waals surface area contributed by atoms with E-state index in [1.54, 1.807) is 0 Å². The number of aromatic nitrogens is 2. The molecule has 1 aliphatic heterocycles. The van der Waals surface area contributed by atoms with E-state index in [9.17, 15) is 0 Å². The molecule has 1 aliphatic rings. The predicted molar refractivity (Wildman–Crippen MR) is 111 cm³/mol. The summed E-state index contributed by atoms with van der Waals surface area (Å²) in [6.07, 6.45) is 4.81. The first kappa shape index (κ1) is 20.1. The zero-order valence-corrected chi connectivity index (χ0v) is 16.9. The molecule has 0 unspecified atom stereocenters. The minimum Gasteiger partial charge on any atom is -0.368 e. The highest BCUT2D eigenvalue weighted by Gasteiger charge is 2.21. The van der Waals surface area contributed by atoms with Gasteiger partial charge >= 0.3 is 0 Å². The number of benzene rings is 1. The van der Waals surface area contributed by atoms with Crippen molar-refractivity contribution in [2.75, 3.05) is 31.1 Å². The van der Waals surface area contributed by atoms with Crippen LogP contribution in [0.5, 0.6) is 0 Å². The second kappa shape index (κ2) is 9.01. The van der Waals surface area contributed by atoms with E-state index in [0.29, 0.717) is 5.92 Å². The highest BCUT2D eigenvalue weighted by molar-refractivity contribution is 6.01. The summed E-state index contributed by atoms with van der Waals surface area (Å²) in [4.78, 5) is 13.3. The molecule has 7 heteroatoms. The van der Waals surface area contributed by atoms with E-state index in [0.717, 1.165) is 61.8 Å². The number of rotatable bonds is 6. The van der Waals surface area contributed by atoms with Gasteiger partial charge in [-0.2, -0.15) is 0 Å². The zero-order chi connectivity index (χ0) is 20.1. The molecule has 2 N–H and O–H groups in total. The molecule has 1 saturated heterocycles. The fourth-order valence-corrected chi connectivity index (χ4v) is 3.60. The van der Waals surface area contributed by atoms with Gasteiger partial charge in [-0.1, -0.05) is 19.9 Å². The van der Waals surface area contributed by atoms with Crippen molar-refractivity contribution in [2.45, 2.75) is 33.7 Å². The monoisotopic (exact) mass is 379 g/mol. The molecule has 0 atom stereocenters. The number of amidine groups is 1. The van der Waals surface area contributed by atoms with Crippen LogP contribution in [0.4, 0.5) is 5.69 Å². The van der Waals surface area contributed by atoms with Crippen LogP contribution in [0.1, 0.15) is 36.4 Å². The minimum absolute atomic E-state index is 0.0188. The van der Waals surface area contributed by atoms with Crippen LogP contribution < -0.4 is 4.90 Å². The van der Waals surface area contributed by atoms with Crippen molar-refractivity contribution in [3.63, 3.8) is 0 Å². The molecule has 0 saturated carbocycles. The third kappa shape index (κ3) is 4.98. The van der Waals surface area contributed by atoms with Crippen molar-refractivity contribution in [3.8, 4) is 0 Å². The van der Waals surface area contributed by atoms with Gasteiger partial charge in [0.15, 0.2) is 5.84 Å². The third-order valence-corrected chi connectivity index (χ3v) is 5.03. The van der Waals surface area contributed by atoms with Crippen LogP contribution >= 0.6 is 0 Å². The van der Waals surface area contributed by atoms with Gasteiger partial charge in [0, 0.05) is 61.9 Å². The van der Waals surface area contributed by atoms with Crippen molar-refractivity contribution in [1.82, 2.24) is 14.9 Å². The van der Waals surface area contributed by atoms with Crippen LogP contribution in [0.3, 0.4) is 0 Å². The van der Waals surface area contributed by atoms with Gasteiger partial charge in [0.05, 0.1) is 0 Å². The van der Waals surface area contributed by atoms with Gasteiger partial charge in [-0.15, -0.1) is 5.11 Å². The van der Waals surface area contributed by atoms with E-state index in [2.05, 4.69) is 50.9 Å². The van der Waals surface area contributed by atoms with Crippen LogP contribution in [0.2, 0.25) is 0 Å². The van der Waals surface area contributed by atoms with Gasteiger partial charge < -0.3 is 4.90 Å². The molecule has 0 aliphatic carbocycles. The number of nitrogens with zero attached hydrogens (tertiary/aromatic N) is 5. The molecule has 2 aromatic rings. The molecule has 28 heavy (non-hydrogen) atoms. The molecule has 2 heterocycles. The molecular weight excluding hydrogens is 350 g/mol. The van der Waals surface area contributed by atoms with Crippen LogP contribution in [0, 0.1) is 23.8 Å². The molecule has 0 radical (unpaired) electrons. The summed E-state index contributed by atoms with van der Waals surface area (Å²) >= 11 is 0. The topological polar surface area (TPSA) is 92.3 Å². The Labute approximate surface area is 166 Å². The first-order valence-electron chi connectivity index (χ1n) is 9.80. The summed E-state index contributed by atoms with van der Waals surface area (Å²) in [6.45, 7) is 10.8. The fourth-order valence-electron chi connectivity index (χ4n) is 3.60. The van der Waals surface area contributed by atoms with Crippen molar-refractivity contribution >= 4 is 11.5 Å². The normalized spacial score (nSPS) is 15.1. The quantitative estimate of drug-likeness (QED) is 0.455. The minimum atomic E-state index is 0.0188. The van der Waals surface area contributed by atoms with E-state index in [-0.39, 0.29) is 5.84 Å². The molecule has 0 bridgehead atoms. The van der Waals surface area contributed by atoms with Gasteiger partial charge in [0.1, 0.15) is 5.82 Å². The van der Waals surface area contributed by atoms with E-state index >= 15 is 0 Å². The Morgan fingerprint density at radius 1 is 1.11 bits per heavy atom. The first-order valence-corrected chi connectivity index (χ1v) is 9.80. The molecule has 3 rings (SSSR count). The second-order valence-electron chi connectivity index (χ2n) is 7.81. The Balaban J connectivity index is 1.72. The number of piperazine rings is 1. The standard InChI is InChI=1S/C21H29N7/c1-15(2)10-17-4-5-19(21(22)26-23)20(11-17)28-8-6-27(7-9-28)14-18-12-24-16(3)25-13-18/h4-5,11-13,15,22-23H,6-10,14H2,1-3H3. The molecule has 0 amide bonds. The summed E-state index contributed by atoms with van der Waals surface area (Å²) in [5.41, 5.74) is 11.4. The lowest BCUT2D eigenvalue weighted by Gasteiger charge is -2.37. The highest BCUT2D eigenvalue weighted by Crippen LogP contribution is 2.26. The zero-order valence-electron chi connectivity index (χ0n) is 16.9. The molecule has 1 aromatic heterocycles. The molecular formula is C21H29N7. The van der Waals surface area contributed by atoms with Crippen LogP contribution in [-0.4, -0.2) is 46.9 Å². The van der Waals surface area contributed by atoms with E-state index < -0.39 is 0 Å². The Kier molecular flexibility index (Phi) is 6.46. The lowest BCUT2D eigenvalue weighted by atomic mass is 9.99. The van der Waals surface area contributed by atoms with Crippen molar-refractivity contribution < 1.29 is 0 Å². The maximum Gasteiger partial charge on any atom is 0.175 e. The summed E-state index contributed by atoms with van der Waals surface area (Å²) < 4.78 is 0. The lowest BCUT2D eigenvalue weighted by molar-refractivity contribution is 0.249. The molecule has 1 fully saturated rings. The van der Waals surface area contributed by atoms with Gasteiger partial charge in [-0.3, -0.25) is 10.3 Å². The largest absolute Gasteiger partial charge is 0.368 e. The molecule has 0 spiro atoms. The average molecular weight is 380 g/mol. The molecule has 1 aromatic carbocycles. The van der Waals surface area contributed by atoms with Crippen molar-refractivity contribution in [2.24, 2.45) is 11.0 Å². The van der Waals surface area contributed by atoms with Gasteiger partial charge in [0.25, 0.3) is 0 Å². The Bertz CT molecular complexity index is 821. The molecule has 148 valence electrons. The average Bonchev–Trinajstić information content (AvgIpc) is 2.69. The Hall–Kier alpha value is -2.67. The number of hydrogen-bond acceptors (Lipinski definition) is 6. The Morgan fingerprint density at radius 2 is 1.79 bits per heavy atom. The number of anilines is 1. The molecule has 7 nitrogen and oxygen atoms in total. The van der Waals surface area contributed by atoms with Gasteiger partial charge in [-0.05, 0) is 37.0 Å². The van der Waals surface area contributed by atoms with E-state index in [1.807, 2.05) is 25.4 Å². The third-order valence-electron chi connectivity index (χ3n) is 5.03. The van der Waals surface area contributed by atoms with Gasteiger partial charge in [0.2, 0.25) is 0 Å². The summed E-state index contributed by atoms with van der Waals surface area (Å²) in [5, 5.41) is 11.4. The van der Waals surface area contributed by atoms with Crippen molar-refractivity contribution in [3.05, 3.63) is 53.1 Å². The smallest absolute Gasteiger partial charge is 0.175 e.